The molecule has 5 nitrogen and oxygen atoms in total. The maximum absolute atomic E-state index is 13.5. The third-order valence-electron chi connectivity index (χ3n) is 4.71. The van der Waals surface area contributed by atoms with E-state index in [9.17, 15) is 4.79 Å². The van der Waals surface area contributed by atoms with Gasteiger partial charge in [0.25, 0.3) is 0 Å². The first-order valence-electron chi connectivity index (χ1n) is 9.27. The van der Waals surface area contributed by atoms with E-state index in [0.29, 0.717) is 35.9 Å². The van der Waals surface area contributed by atoms with Crippen molar-refractivity contribution in [2.45, 2.75) is 13.8 Å². The predicted molar refractivity (Wildman–Crippen MR) is 114 cm³/mol. The summed E-state index contributed by atoms with van der Waals surface area (Å²) in [4.78, 5) is 24.7. The third-order valence-corrected chi connectivity index (χ3v) is 4.71. The van der Waals surface area contributed by atoms with Crippen LogP contribution in [0.15, 0.2) is 70.3 Å². The van der Waals surface area contributed by atoms with Gasteiger partial charge >= 0.3 is 0 Å². The average molecular weight is 375 g/mol. The Morgan fingerprint density at radius 3 is 2.36 bits per heavy atom. The fourth-order valence-corrected chi connectivity index (χ4v) is 3.09. The summed E-state index contributed by atoms with van der Waals surface area (Å²) in [6.45, 7) is 5.15. The van der Waals surface area contributed by atoms with E-state index in [4.69, 9.17) is 9.73 Å². The lowest BCUT2D eigenvalue weighted by atomic mass is 9.91. The van der Waals surface area contributed by atoms with E-state index in [2.05, 4.69) is 4.99 Å². The quantitative estimate of drug-likeness (QED) is 0.566. The summed E-state index contributed by atoms with van der Waals surface area (Å²) in [7, 11) is 3.59. The van der Waals surface area contributed by atoms with Crippen molar-refractivity contribution in [1.82, 2.24) is 4.90 Å². The summed E-state index contributed by atoms with van der Waals surface area (Å²) < 4.78 is 5.14. The molecule has 0 bridgehead atoms. The molecule has 2 aromatic carbocycles. The highest BCUT2D eigenvalue weighted by atomic mass is 16.5. The molecule has 2 aromatic rings. The van der Waals surface area contributed by atoms with E-state index >= 15 is 0 Å². The van der Waals surface area contributed by atoms with Crippen molar-refractivity contribution in [1.29, 1.82) is 0 Å². The number of benzene rings is 2. The molecule has 0 saturated heterocycles. The molecule has 0 N–H and O–H groups in total. The molecule has 0 unspecified atom stereocenters. The summed E-state index contributed by atoms with van der Waals surface area (Å²) in [6, 6.07) is 17.2. The van der Waals surface area contributed by atoms with E-state index in [-0.39, 0.29) is 5.78 Å². The number of hydrogen-bond acceptors (Lipinski definition) is 5. The number of allylic oxidation sites excluding steroid dienone is 2. The Hall–Kier alpha value is -3.05. The minimum Gasteiger partial charge on any atom is -0.383 e. The van der Waals surface area contributed by atoms with Crippen LogP contribution in [0.5, 0.6) is 0 Å². The molecule has 0 radical (unpaired) electrons. The number of carbonyl (C=O) groups is 1. The number of ketones is 1. The lowest BCUT2D eigenvalue weighted by molar-refractivity contribution is 0.105. The highest BCUT2D eigenvalue weighted by molar-refractivity contribution is 6.35. The van der Waals surface area contributed by atoms with Crippen molar-refractivity contribution in [3.05, 3.63) is 77.0 Å². The van der Waals surface area contributed by atoms with Gasteiger partial charge in [0, 0.05) is 26.3 Å². The van der Waals surface area contributed by atoms with Crippen LogP contribution >= 0.6 is 0 Å². The zero-order chi connectivity index (χ0) is 20.1. The lowest BCUT2D eigenvalue weighted by Gasteiger charge is -2.15. The molecule has 0 amide bonds. The smallest absolute Gasteiger partial charge is 0.226 e. The number of guanidine groups is 1. The van der Waals surface area contributed by atoms with Gasteiger partial charge in [-0.15, -0.1) is 0 Å². The molecule has 5 heteroatoms. The summed E-state index contributed by atoms with van der Waals surface area (Å²) in [6.07, 6.45) is 0. The van der Waals surface area contributed by atoms with E-state index in [0.717, 1.165) is 16.8 Å². The molecular weight excluding hydrogens is 350 g/mol. The fourth-order valence-electron chi connectivity index (χ4n) is 3.09. The van der Waals surface area contributed by atoms with E-state index in [1.807, 2.05) is 80.4 Å². The van der Waals surface area contributed by atoms with Crippen LogP contribution in [0.25, 0.3) is 5.57 Å². The summed E-state index contributed by atoms with van der Waals surface area (Å²) >= 11 is 0. The second-order valence-corrected chi connectivity index (χ2v) is 6.76. The first-order chi connectivity index (χ1) is 13.5. The van der Waals surface area contributed by atoms with Crippen LogP contribution in [-0.4, -0.2) is 49.7 Å². The van der Waals surface area contributed by atoms with Gasteiger partial charge in [-0.25, -0.2) is 9.98 Å². The van der Waals surface area contributed by atoms with Crippen molar-refractivity contribution < 1.29 is 9.53 Å². The topological polar surface area (TPSA) is 54.3 Å². The van der Waals surface area contributed by atoms with E-state index in [1.165, 1.54) is 0 Å². The Morgan fingerprint density at radius 2 is 1.68 bits per heavy atom. The van der Waals surface area contributed by atoms with Gasteiger partial charge in [-0.05, 0) is 25.0 Å². The monoisotopic (exact) mass is 375 g/mol. The van der Waals surface area contributed by atoms with Crippen LogP contribution in [0.3, 0.4) is 0 Å². The van der Waals surface area contributed by atoms with Crippen LogP contribution in [0.2, 0.25) is 0 Å². The van der Waals surface area contributed by atoms with Crippen LogP contribution in [0, 0.1) is 6.92 Å². The number of rotatable bonds is 6. The zero-order valence-electron chi connectivity index (χ0n) is 16.8. The number of likely N-dealkylation sites (N-methyl/N-ethyl adjacent to an activating group) is 1. The molecule has 0 aromatic heterocycles. The maximum atomic E-state index is 13.5. The number of nitrogens with zero attached hydrogens (tertiary/aromatic N) is 3. The molecule has 1 aliphatic heterocycles. The second-order valence-electron chi connectivity index (χ2n) is 6.76. The van der Waals surface area contributed by atoms with Gasteiger partial charge in [-0.1, -0.05) is 54.6 Å². The molecule has 1 heterocycles. The molecule has 28 heavy (non-hydrogen) atoms. The van der Waals surface area contributed by atoms with Gasteiger partial charge in [0.1, 0.15) is 5.70 Å². The molecule has 144 valence electrons. The van der Waals surface area contributed by atoms with Gasteiger partial charge in [-0.3, -0.25) is 4.79 Å². The molecular formula is C23H25N3O2. The largest absolute Gasteiger partial charge is 0.383 e. The van der Waals surface area contributed by atoms with Crippen molar-refractivity contribution in [3.63, 3.8) is 0 Å². The third kappa shape index (κ3) is 4.10. The second kappa shape index (κ2) is 8.76. The molecule has 1 aliphatic rings. The van der Waals surface area contributed by atoms with Gasteiger partial charge in [-0.2, -0.15) is 0 Å². The van der Waals surface area contributed by atoms with Crippen molar-refractivity contribution in [2.75, 3.05) is 27.3 Å². The first kappa shape index (κ1) is 19.7. The predicted octanol–water partition coefficient (Wildman–Crippen LogP) is 4.00. The van der Waals surface area contributed by atoms with E-state index < -0.39 is 0 Å². The van der Waals surface area contributed by atoms with Gasteiger partial charge in [0.2, 0.25) is 5.96 Å². The highest BCUT2D eigenvalue weighted by Gasteiger charge is 2.26. The number of aliphatic imine (C=N–C) groups is 2. The molecule has 0 saturated carbocycles. The number of carbonyl (C=O) groups excluding carboxylic acids is 1. The molecule has 0 fully saturated rings. The van der Waals surface area contributed by atoms with Gasteiger partial charge in [0.15, 0.2) is 5.78 Å². The number of methoxy groups -OCH3 is 1. The van der Waals surface area contributed by atoms with E-state index in [1.54, 1.807) is 7.11 Å². The fraction of sp³-hybridized carbons (Fsp3) is 0.261. The molecule has 0 aliphatic carbocycles. The normalized spacial score (nSPS) is 15.1. The number of aryl methyl sites for hydroxylation is 1. The maximum Gasteiger partial charge on any atom is 0.226 e. The Kier molecular flexibility index (Phi) is 6.16. The molecule has 0 spiro atoms. The Morgan fingerprint density at radius 1 is 1.00 bits per heavy atom. The Labute approximate surface area is 166 Å². The minimum atomic E-state index is -0.0519. The first-order valence-corrected chi connectivity index (χ1v) is 9.27. The van der Waals surface area contributed by atoms with Crippen molar-refractivity contribution in [2.24, 2.45) is 9.98 Å². The van der Waals surface area contributed by atoms with Crippen LogP contribution in [-0.2, 0) is 4.74 Å². The SMILES string of the molecule is COCCN(C)C1=N/C(=C(/C(=O)c2ccccc2)c2ccccc2C)C(C)=N1. The zero-order valence-corrected chi connectivity index (χ0v) is 16.8. The minimum absolute atomic E-state index is 0.0519. The lowest BCUT2D eigenvalue weighted by Crippen LogP contribution is -2.27. The van der Waals surface area contributed by atoms with Crippen molar-refractivity contribution in [3.8, 4) is 0 Å². The van der Waals surface area contributed by atoms with Crippen LogP contribution in [0.4, 0.5) is 0 Å². The summed E-state index contributed by atoms with van der Waals surface area (Å²) in [5.41, 5.74) is 4.49. The van der Waals surface area contributed by atoms with Gasteiger partial charge < -0.3 is 9.64 Å². The average Bonchev–Trinajstić information content (AvgIpc) is 3.10. The number of ether oxygens (including phenoxy) is 1. The Bertz CT molecular complexity index is 959. The highest BCUT2D eigenvalue weighted by Crippen LogP contribution is 2.30. The molecule has 0 atom stereocenters. The number of Topliss-reactive ketones (excluding diaryl/α,β-unsaturated/α-hetero) is 1. The van der Waals surface area contributed by atoms with Gasteiger partial charge in [0.05, 0.1) is 17.9 Å². The summed E-state index contributed by atoms with van der Waals surface area (Å²) in [5, 5.41) is 0. The standard InChI is InChI=1S/C23H25N3O2/c1-16-10-8-9-13-19(16)20(22(27)18-11-6-5-7-12-18)21-17(2)24-23(25-21)26(3)14-15-28-4/h5-13H,14-15H2,1-4H3/b21-20+. The summed E-state index contributed by atoms with van der Waals surface area (Å²) in [5.74, 6) is 0.542. The van der Waals surface area contributed by atoms with Crippen molar-refractivity contribution >= 4 is 23.0 Å². The van der Waals surface area contributed by atoms with Crippen LogP contribution in [0.1, 0.15) is 28.4 Å². The Balaban J connectivity index is 2.14. The number of hydrogen-bond donors (Lipinski definition) is 0. The van der Waals surface area contributed by atoms with Crippen LogP contribution < -0.4 is 0 Å². The molecule has 3 rings (SSSR count).